The van der Waals surface area contributed by atoms with Gasteiger partial charge < -0.3 is 9.32 Å². The molecule has 1 heterocycles. The average molecular weight is 183 g/mol. The highest BCUT2D eigenvalue weighted by Crippen LogP contribution is 2.03. The number of hydrogen-bond donors (Lipinski definition) is 1. The van der Waals surface area contributed by atoms with Crippen LogP contribution in [0.25, 0.3) is 0 Å². The second-order valence-corrected chi connectivity index (χ2v) is 2.97. The van der Waals surface area contributed by atoms with Crippen LogP contribution in [0.2, 0.25) is 0 Å². The van der Waals surface area contributed by atoms with E-state index in [1.54, 1.807) is 11.9 Å². The molecular formula is C8H13N3O2. The van der Waals surface area contributed by atoms with Crippen molar-refractivity contribution in [1.82, 2.24) is 9.88 Å². The zero-order valence-electron chi connectivity index (χ0n) is 7.94. The Morgan fingerprint density at radius 1 is 1.69 bits per heavy atom. The summed E-state index contributed by atoms with van der Waals surface area (Å²) in [5, 5.41) is 2.51. The number of hydrogen-bond acceptors (Lipinski definition) is 3. The van der Waals surface area contributed by atoms with Gasteiger partial charge in [0.15, 0.2) is 0 Å². The highest BCUT2D eigenvalue weighted by Gasteiger charge is 2.12. The van der Waals surface area contributed by atoms with Gasteiger partial charge in [-0.3, -0.25) is 5.32 Å². The molecule has 13 heavy (non-hydrogen) atoms. The summed E-state index contributed by atoms with van der Waals surface area (Å²) in [7, 11) is 1.71. The van der Waals surface area contributed by atoms with Crippen LogP contribution in [0.5, 0.6) is 0 Å². The molecule has 0 unspecified atom stereocenters. The van der Waals surface area contributed by atoms with Crippen molar-refractivity contribution in [2.75, 3.05) is 12.4 Å². The summed E-state index contributed by atoms with van der Waals surface area (Å²) in [6.07, 6.45) is 2.88. The summed E-state index contributed by atoms with van der Waals surface area (Å²) in [4.78, 5) is 16.7. The van der Waals surface area contributed by atoms with Gasteiger partial charge in [0, 0.05) is 13.1 Å². The van der Waals surface area contributed by atoms with E-state index in [0.29, 0.717) is 0 Å². The van der Waals surface area contributed by atoms with Crippen molar-refractivity contribution in [1.29, 1.82) is 0 Å². The van der Waals surface area contributed by atoms with E-state index in [1.165, 1.54) is 12.5 Å². The van der Waals surface area contributed by atoms with E-state index in [0.717, 1.165) is 0 Å². The van der Waals surface area contributed by atoms with Crippen LogP contribution in [0.4, 0.5) is 10.8 Å². The van der Waals surface area contributed by atoms with Gasteiger partial charge >= 0.3 is 12.0 Å². The molecule has 5 heteroatoms. The first-order chi connectivity index (χ1) is 6.11. The summed E-state index contributed by atoms with van der Waals surface area (Å²) in [5.41, 5.74) is 0. The molecule has 0 aliphatic heterocycles. The van der Waals surface area contributed by atoms with E-state index in [4.69, 9.17) is 4.42 Å². The normalized spacial score (nSPS) is 10.2. The number of urea groups is 1. The third-order valence-electron chi connectivity index (χ3n) is 1.74. The molecule has 0 aliphatic rings. The number of rotatable bonds is 2. The zero-order valence-corrected chi connectivity index (χ0v) is 7.94. The number of nitrogens with one attached hydrogen (secondary N) is 1. The van der Waals surface area contributed by atoms with Crippen LogP contribution < -0.4 is 5.32 Å². The SMILES string of the molecule is CC(C)N(C)C(=O)Nc1ncco1. The predicted octanol–water partition coefficient (Wildman–Crippen LogP) is 1.55. The standard InChI is InChI=1S/C8H13N3O2/c1-6(2)11(3)8(12)10-7-9-4-5-13-7/h4-6H,1-3H3,(H,9,10,12). The fourth-order valence-corrected chi connectivity index (χ4v) is 0.699. The van der Waals surface area contributed by atoms with Gasteiger partial charge in [-0.05, 0) is 13.8 Å². The molecule has 0 saturated heterocycles. The van der Waals surface area contributed by atoms with Crippen LogP contribution in [0, 0.1) is 0 Å². The maximum atomic E-state index is 11.4. The van der Waals surface area contributed by atoms with Crippen molar-refractivity contribution in [2.45, 2.75) is 19.9 Å². The lowest BCUT2D eigenvalue weighted by Gasteiger charge is -2.20. The second kappa shape index (κ2) is 3.93. The zero-order chi connectivity index (χ0) is 9.84. The van der Waals surface area contributed by atoms with Crippen LogP contribution in [0.15, 0.2) is 16.9 Å². The number of amides is 2. The topological polar surface area (TPSA) is 58.4 Å². The molecule has 0 aromatic carbocycles. The molecule has 5 nitrogen and oxygen atoms in total. The van der Waals surface area contributed by atoms with Gasteiger partial charge in [-0.1, -0.05) is 0 Å². The number of aromatic nitrogens is 1. The summed E-state index contributed by atoms with van der Waals surface area (Å²) in [6.45, 7) is 3.85. The molecule has 0 atom stereocenters. The molecule has 0 aliphatic carbocycles. The third-order valence-corrected chi connectivity index (χ3v) is 1.74. The van der Waals surface area contributed by atoms with Gasteiger partial charge in [0.25, 0.3) is 0 Å². The first-order valence-electron chi connectivity index (χ1n) is 4.04. The van der Waals surface area contributed by atoms with Crippen LogP contribution in [-0.2, 0) is 0 Å². The monoisotopic (exact) mass is 183 g/mol. The summed E-state index contributed by atoms with van der Waals surface area (Å²) < 4.78 is 4.86. The number of oxazole rings is 1. The lowest BCUT2D eigenvalue weighted by molar-refractivity contribution is 0.211. The molecule has 1 rings (SSSR count). The van der Waals surface area contributed by atoms with Crippen molar-refractivity contribution in [3.05, 3.63) is 12.5 Å². The molecule has 1 aromatic heterocycles. The van der Waals surface area contributed by atoms with Gasteiger partial charge in [0.2, 0.25) is 0 Å². The second-order valence-electron chi connectivity index (χ2n) is 2.97. The molecule has 72 valence electrons. The highest BCUT2D eigenvalue weighted by molar-refractivity contribution is 5.86. The maximum Gasteiger partial charge on any atom is 0.325 e. The molecule has 0 saturated carbocycles. The number of carbonyl (C=O) groups is 1. The van der Waals surface area contributed by atoms with E-state index >= 15 is 0 Å². The van der Waals surface area contributed by atoms with E-state index < -0.39 is 0 Å². The molecule has 0 fully saturated rings. The Balaban J connectivity index is 2.51. The summed E-state index contributed by atoms with van der Waals surface area (Å²) in [6, 6.07) is 0.143. The molecule has 1 aromatic rings. The van der Waals surface area contributed by atoms with Gasteiger partial charge in [0.05, 0.1) is 6.20 Å². The average Bonchev–Trinajstić information content (AvgIpc) is 2.55. The quantitative estimate of drug-likeness (QED) is 0.756. The van der Waals surface area contributed by atoms with Gasteiger partial charge in [0.1, 0.15) is 6.26 Å². The molecular weight excluding hydrogens is 170 g/mol. The maximum absolute atomic E-state index is 11.4. The highest BCUT2D eigenvalue weighted by atomic mass is 16.4. The smallest absolute Gasteiger partial charge is 0.325 e. The van der Waals surface area contributed by atoms with E-state index in [-0.39, 0.29) is 18.1 Å². The summed E-state index contributed by atoms with van der Waals surface area (Å²) in [5.74, 6) is 0. The lowest BCUT2D eigenvalue weighted by atomic mass is 10.4. The largest absolute Gasteiger partial charge is 0.432 e. The fraction of sp³-hybridized carbons (Fsp3) is 0.500. The van der Waals surface area contributed by atoms with E-state index in [9.17, 15) is 4.79 Å². The Morgan fingerprint density at radius 3 is 2.85 bits per heavy atom. The molecule has 0 bridgehead atoms. The first kappa shape index (κ1) is 9.57. The Kier molecular flexibility index (Phi) is 2.89. The van der Waals surface area contributed by atoms with Crippen molar-refractivity contribution in [3.63, 3.8) is 0 Å². The van der Waals surface area contributed by atoms with Crippen molar-refractivity contribution in [2.24, 2.45) is 0 Å². The van der Waals surface area contributed by atoms with Gasteiger partial charge in [-0.25, -0.2) is 9.78 Å². The Bertz CT molecular complexity index is 269. The van der Waals surface area contributed by atoms with Crippen molar-refractivity contribution >= 4 is 12.0 Å². The van der Waals surface area contributed by atoms with E-state index in [1.807, 2.05) is 13.8 Å². The predicted molar refractivity (Wildman–Crippen MR) is 48.4 cm³/mol. The summed E-state index contributed by atoms with van der Waals surface area (Å²) >= 11 is 0. The molecule has 2 amide bonds. The van der Waals surface area contributed by atoms with Gasteiger partial charge in [-0.15, -0.1) is 0 Å². The number of nitrogens with zero attached hydrogens (tertiary/aromatic N) is 2. The molecule has 0 radical (unpaired) electrons. The van der Waals surface area contributed by atoms with Crippen LogP contribution in [0.1, 0.15) is 13.8 Å². The van der Waals surface area contributed by atoms with Crippen molar-refractivity contribution in [3.8, 4) is 0 Å². The van der Waals surface area contributed by atoms with Crippen LogP contribution >= 0.6 is 0 Å². The van der Waals surface area contributed by atoms with Crippen molar-refractivity contribution < 1.29 is 9.21 Å². The van der Waals surface area contributed by atoms with Crippen LogP contribution in [0.3, 0.4) is 0 Å². The van der Waals surface area contributed by atoms with Gasteiger partial charge in [-0.2, -0.15) is 0 Å². The minimum Gasteiger partial charge on any atom is -0.432 e. The number of anilines is 1. The third kappa shape index (κ3) is 2.47. The Morgan fingerprint density at radius 2 is 2.38 bits per heavy atom. The van der Waals surface area contributed by atoms with E-state index in [2.05, 4.69) is 10.3 Å². The molecule has 1 N–H and O–H groups in total. The molecule has 0 spiro atoms. The Labute approximate surface area is 76.7 Å². The lowest BCUT2D eigenvalue weighted by Crippen LogP contribution is -2.36. The van der Waals surface area contributed by atoms with Crippen LogP contribution in [-0.4, -0.2) is 29.0 Å². The minimum absolute atomic E-state index is 0.148. The number of carbonyl (C=O) groups excluding carboxylic acids is 1. The fourth-order valence-electron chi connectivity index (χ4n) is 0.699. The minimum atomic E-state index is -0.225. The first-order valence-corrected chi connectivity index (χ1v) is 4.04. The Hall–Kier alpha value is -1.52.